The fourth-order valence-corrected chi connectivity index (χ4v) is 6.24. The summed E-state index contributed by atoms with van der Waals surface area (Å²) in [5.74, 6) is 0.181. The summed E-state index contributed by atoms with van der Waals surface area (Å²) in [6, 6.07) is 4.36. The zero-order valence-electron chi connectivity index (χ0n) is 25.4. The average Bonchev–Trinajstić information content (AvgIpc) is 3.42. The lowest BCUT2D eigenvalue weighted by atomic mass is 10.0. The van der Waals surface area contributed by atoms with E-state index in [4.69, 9.17) is 26.0 Å². The number of alkyl halides is 3. The van der Waals surface area contributed by atoms with Crippen molar-refractivity contribution in [2.24, 2.45) is 0 Å². The fraction of sp³-hybridized carbons (Fsp3) is 0.533. The van der Waals surface area contributed by atoms with Gasteiger partial charge in [0.25, 0.3) is 0 Å². The third-order valence-electron chi connectivity index (χ3n) is 8.49. The molecule has 2 fully saturated rings. The van der Waals surface area contributed by atoms with Gasteiger partial charge < -0.3 is 33.9 Å². The number of hydrogen-bond acceptors (Lipinski definition) is 8. The second-order valence-corrected chi connectivity index (χ2v) is 11.0. The van der Waals surface area contributed by atoms with E-state index in [1.807, 2.05) is 11.9 Å². The summed E-state index contributed by atoms with van der Waals surface area (Å²) in [6.07, 6.45) is -0.873. The van der Waals surface area contributed by atoms with E-state index in [9.17, 15) is 18.0 Å². The number of anilines is 2. The average molecular weight is 668 g/mol. The Morgan fingerprint density at radius 2 is 1.93 bits per heavy atom. The van der Waals surface area contributed by atoms with Crippen molar-refractivity contribution in [3.63, 3.8) is 0 Å². The van der Waals surface area contributed by atoms with Crippen LogP contribution in [-0.4, -0.2) is 97.8 Å². The maximum absolute atomic E-state index is 14.2. The van der Waals surface area contributed by atoms with Crippen LogP contribution in [-0.2, 0) is 23.9 Å². The lowest BCUT2D eigenvalue weighted by Gasteiger charge is -2.41. The van der Waals surface area contributed by atoms with Gasteiger partial charge in [0.2, 0.25) is 12.5 Å². The van der Waals surface area contributed by atoms with E-state index in [0.717, 1.165) is 24.9 Å². The fourth-order valence-electron chi connectivity index (χ4n) is 6.24. The molecular weight excluding hydrogens is 628 g/mol. The number of nitrogens with zero attached hydrogens (tertiary/aromatic N) is 7. The van der Waals surface area contributed by atoms with Crippen LogP contribution >= 0.6 is 27.0 Å². The van der Waals surface area contributed by atoms with Gasteiger partial charge in [0.1, 0.15) is 29.8 Å². The van der Waals surface area contributed by atoms with E-state index in [0.29, 0.717) is 50.7 Å². The predicted octanol–water partition coefficient (Wildman–Crippen LogP) is 3.89. The largest absolute Gasteiger partial charge is 0.496 e. The Bertz CT molecular complexity index is 1410. The summed E-state index contributed by atoms with van der Waals surface area (Å²) < 4.78 is 53.8. The number of benzene rings is 1. The van der Waals surface area contributed by atoms with Crippen molar-refractivity contribution < 1.29 is 27.4 Å². The van der Waals surface area contributed by atoms with Gasteiger partial charge in [-0.05, 0) is 51.1 Å². The van der Waals surface area contributed by atoms with Crippen LogP contribution in [0.2, 0.25) is 0 Å². The monoisotopic (exact) mass is 667 g/mol. The summed E-state index contributed by atoms with van der Waals surface area (Å²) in [7, 11) is 3.28. The summed E-state index contributed by atoms with van der Waals surface area (Å²) in [6.45, 7) is 14.2. The zero-order valence-corrected chi connectivity index (χ0v) is 27.4. The SMILES string of the molecule is S.S.[C-]#[N+]C[C@H]1CN(c2nc(OC[C@@H]3CCCN3C)nc3c2CCN(c2cccc(OC)c2C(F)(F)F)C3)CCN1C(=O)C=C. The van der Waals surface area contributed by atoms with Crippen molar-refractivity contribution in [2.45, 2.75) is 44.1 Å². The Balaban J connectivity index is 0.00000276. The molecule has 15 heteroatoms. The van der Waals surface area contributed by atoms with Crippen LogP contribution in [0.1, 0.15) is 29.7 Å². The van der Waals surface area contributed by atoms with Gasteiger partial charge in [0.05, 0.1) is 25.0 Å². The molecule has 10 nitrogen and oxygen atoms in total. The quantitative estimate of drug-likeness (QED) is 0.310. The first kappa shape index (κ1) is 36.1. The minimum Gasteiger partial charge on any atom is -0.496 e. The van der Waals surface area contributed by atoms with E-state index in [-0.39, 0.29) is 75.5 Å². The number of carbonyl (C=O) groups excluding carboxylic acids is 1. The van der Waals surface area contributed by atoms with Crippen LogP contribution in [0.5, 0.6) is 11.8 Å². The molecule has 246 valence electrons. The third kappa shape index (κ3) is 7.73. The van der Waals surface area contributed by atoms with Crippen molar-refractivity contribution in [1.29, 1.82) is 0 Å². The van der Waals surface area contributed by atoms with Crippen LogP contribution in [0.4, 0.5) is 24.7 Å². The molecule has 0 spiro atoms. The number of likely N-dealkylation sites (N-methyl/N-ethyl adjacent to an activating group) is 1. The third-order valence-corrected chi connectivity index (χ3v) is 8.49. The molecule has 0 N–H and O–H groups in total. The van der Waals surface area contributed by atoms with Crippen molar-refractivity contribution in [3.8, 4) is 11.8 Å². The molecule has 5 rings (SSSR count). The Kier molecular flexibility index (Phi) is 12.3. The Labute approximate surface area is 275 Å². The molecule has 0 radical (unpaired) electrons. The molecule has 0 saturated carbocycles. The van der Waals surface area contributed by atoms with E-state index >= 15 is 0 Å². The number of likely N-dealkylation sites (tertiary alicyclic amines) is 1. The highest BCUT2D eigenvalue weighted by atomic mass is 32.1. The lowest BCUT2D eigenvalue weighted by Crippen LogP contribution is -2.56. The molecule has 0 bridgehead atoms. The van der Waals surface area contributed by atoms with Crippen molar-refractivity contribution in [3.05, 3.63) is 59.1 Å². The highest BCUT2D eigenvalue weighted by Gasteiger charge is 2.40. The summed E-state index contributed by atoms with van der Waals surface area (Å²) in [5.41, 5.74) is 0.638. The summed E-state index contributed by atoms with van der Waals surface area (Å²) >= 11 is 0. The summed E-state index contributed by atoms with van der Waals surface area (Å²) in [4.78, 5) is 33.2. The lowest BCUT2D eigenvalue weighted by molar-refractivity contribution is -0.138. The predicted molar refractivity (Wildman–Crippen MR) is 176 cm³/mol. The maximum Gasteiger partial charge on any atom is 0.421 e. The number of hydrogen-bond donors (Lipinski definition) is 0. The van der Waals surface area contributed by atoms with E-state index < -0.39 is 11.7 Å². The molecule has 45 heavy (non-hydrogen) atoms. The smallest absolute Gasteiger partial charge is 0.421 e. The molecule has 3 aliphatic rings. The van der Waals surface area contributed by atoms with Crippen LogP contribution in [0.3, 0.4) is 0 Å². The van der Waals surface area contributed by atoms with Gasteiger partial charge in [-0.25, -0.2) is 6.57 Å². The molecule has 2 aromatic rings. The van der Waals surface area contributed by atoms with Gasteiger partial charge in [0, 0.05) is 37.8 Å². The number of methoxy groups -OCH3 is 1. The number of rotatable bonds is 8. The van der Waals surface area contributed by atoms with Gasteiger partial charge in [0.15, 0.2) is 0 Å². The number of carbonyl (C=O) groups is 1. The van der Waals surface area contributed by atoms with Gasteiger partial charge in [-0.2, -0.15) is 50.1 Å². The van der Waals surface area contributed by atoms with Crippen molar-refractivity contribution >= 4 is 44.4 Å². The van der Waals surface area contributed by atoms with Crippen LogP contribution in [0.25, 0.3) is 4.85 Å². The van der Waals surface area contributed by atoms with Crippen LogP contribution in [0.15, 0.2) is 30.9 Å². The number of aromatic nitrogens is 2. The molecule has 3 aliphatic heterocycles. The van der Waals surface area contributed by atoms with Gasteiger partial charge in [-0.15, -0.1) is 0 Å². The van der Waals surface area contributed by atoms with Crippen LogP contribution < -0.4 is 19.3 Å². The standard InChI is InChI=1S/C30H36F3N7O3.2H2S/c1-5-26(41)40-15-14-39(17-21(40)16-34-2)28-22-11-13-38(24-9-6-10-25(42-4)27(24)30(31,32)33)18-23(22)35-29(36-28)43-19-20-8-7-12-37(20)3;;/h5-6,9-10,20-21H,1,7-8,11-19H2,3-4H3;2*1H2/t20-,21-;;/m0../s1. The minimum atomic E-state index is -4.61. The first-order valence-electron chi connectivity index (χ1n) is 14.4. The van der Waals surface area contributed by atoms with Gasteiger partial charge in [-0.1, -0.05) is 12.6 Å². The zero-order chi connectivity index (χ0) is 30.7. The Hall–Kier alpha value is -3.35. The Morgan fingerprint density at radius 3 is 2.58 bits per heavy atom. The normalized spacial score (nSPS) is 20.0. The molecule has 0 unspecified atom stereocenters. The second-order valence-electron chi connectivity index (χ2n) is 11.0. The second kappa shape index (κ2) is 15.3. The van der Waals surface area contributed by atoms with Crippen molar-refractivity contribution in [2.75, 3.05) is 69.8 Å². The highest BCUT2D eigenvalue weighted by Crippen LogP contribution is 2.44. The van der Waals surface area contributed by atoms with Crippen LogP contribution in [0, 0.1) is 6.57 Å². The highest BCUT2D eigenvalue weighted by molar-refractivity contribution is 7.59. The number of fused-ring (bicyclic) bond motifs is 1. The minimum absolute atomic E-state index is 0. The molecule has 2 saturated heterocycles. The number of piperazine rings is 1. The van der Waals surface area contributed by atoms with E-state index in [1.165, 1.54) is 25.3 Å². The number of ether oxygens (including phenoxy) is 2. The van der Waals surface area contributed by atoms with Gasteiger partial charge in [-0.3, -0.25) is 4.79 Å². The molecule has 1 aromatic heterocycles. The molecule has 4 heterocycles. The Morgan fingerprint density at radius 1 is 1.16 bits per heavy atom. The molecule has 1 aromatic carbocycles. The number of halogens is 3. The molecule has 2 atom stereocenters. The summed E-state index contributed by atoms with van der Waals surface area (Å²) in [5, 5.41) is 0. The number of amides is 1. The molecule has 1 amide bonds. The van der Waals surface area contributed by atoms with Crippen molar-refractivity contribution in [1.82, 2.24) is 19.8 Å². The topological polar surface area (TPSA) is 78.6 Å². The van der Waals surface area contributed by atoms with Gasteiger partial charge >= 0.3 is 12.2 Å². The van der Waals surface area contributed by atoms with E-state index in [2.05, 4.69) is 16.3 Å². The molecule has 0 aliphatic carbocycles. The maximum atomic E-state index is 14.2. The first-order valence-corrected chi connectivity index (χ1v) is 14.4. The molecular formula is C30H40F3N7O3S2. The first-order chi connectivity index (χ1) is 20.6. The van der Waals surface area contributed by atoms with E-state index in [1.54, 1.807) is 15.9 Å².